The maximum Gasteiger partial charge on any atom is 0.268 e. The van der Waals surface area contributed by atoms with E-state index in [4.69, 9.17) is 13.8 Å². The smallest absolute Gasteiger partial charge is 0.268 e. The quantitative estimate of drug-likeness (QED) is 0.287. The van der Waals surface area contributed by atoms with Crippen LogP contribution in [0.25, 0.3) is 22.8 Å². The minimum atomic E-state index is -0.435. The van der Waals surface area contributed by atoms with E-state index in [0.29, 0.717) is 46.1 Å². The molecule has 1 unspecified atom stereocenters. The van der Waals surface area contributed by atoms with Crippen molar-refractivity contribution < 1.29 is 18.2 Å². The standard InChI is InChI=1S/C23H23FN4O3S/c1-5-18(23-26-21(28-31-23)15-8-11-19(32-4)17(24)12-15)29-16-9-6-14(7-10-16)20-25-22(13(2)3)30-27-20/h6-13,18H,5H2,1-4H3. The predicted molar refractivity (Wildman–Crippen MR) is 119 cm³/mol. The van der Waals surface area contributed by atoms with Crippen molar-refractivity contribution >= 4 is 11.8 Å². The zero-order chi connectivity index (χ0) is 22.7. The monoisotopic (exact) mass is 454 g/mol. The summed E-state index contributed by atoms with van der Waals surface area (Å²) in [5.41, 5.74) is 1.38. The van der Waals surface area contributed by atoms with Gasteiger partial charge in [-0.25, -0.2) is 4.39 Å². The molecule has 0 fully saturated rings. The number of halogens is 1. The lowest BCUT2D eigenvalue weighted by atomic mass is 10.2. The van der Waals surface area contributed by atoms with Gasteiger partial charge < -0.3 is 13.8 Å². The molecule has 0 spiro atoms. The van der Waals surface area contributed by atoms with Crippen LogP contribution in [0.4, 0.5) is 4.39 Å². The first kappa shape index (κ1) is 22.0. The van der Waals surface area contributed by atoms with Crippen LogP contribution >= 0.6 is 11.8 Å². The molecule has 0 aliphatic heterocycles. The van der Waals surface area contributed by atoms with Crippen molar-refractivity contribution in [1.29, 1.82) is 0 Å². The van der Waals surface area contributed by atoms with E-state index in [1.807, 2.05) is 51.3 Å². The van der Waals surface area contributed by atoms with Crippen LogP contribution in [0.3, 0.4) is 0 Å². The Morgan fingerprint density at radius 3 is 2.16 bits per heavy atom. The van der Waals surface area contributed by atoms with Crippen LogP contribution < -0.4 is 4.74 Å². The highest BCUT2D eigenvalue weighted by molar-refractivity contribution is 7.98. The summed E-state index contributed by atoms with van der Waals surface area (Å²) in [4.78, 5) is 9.39. The number of nitrogens with zero attached hydrogens (tertiary/aromatic N) is 4. The molecule has 2 heterocycles. The van der Waals surface area contributed by atoms with Crippen LogP contribution in [0.1, 0.15) is 51.0 Å². The first-order chi connectivity index (χ1) is 15.5. The zero-order valence-corrected chi connectivity index (χ0v) is 19.0. The molecule has 0 saturated carbocycles. The van der Waals surface area contributed by atoms with Crippen molar-refractivity contribution in [3.63, 3.8) is 0 Å². The molecule has 0 aliphatic carbocycles. The molecule has 0 radical (unpaired) electrons. The minimum Gasteiger partial charge on any atom is -0.481 e. The van der Waals surface area contributed by atoms with Crippen LogP contribution in [0.5, 0.6) is 5.75 Å². The number of hydrogen-bond acceptors (Lipinski definition) is 8. The number of ether oxygens (including phenoxy) is 1. The summed E-state index contributed by atoms with van der Waals surface area (Å²) in [7, 11) is 0. The van der Waals surface area contributed by atoms with Gasteiger partial charge in [-0.05, 0) is 55.1 Å². The highest BCUT2D eigenvalue weighted by atomic mass is 32.2. The Morgan fingerprint density at radius 2 is 1.56 bits per heavy atom. The van der Waals surface area contributed by atoms with E-state index in [9.17, 15) is 4.39 Å². The molecule has 7 nitrogen and oxygen atoms in total. The first-order valence-electron chi connectivity index (χ1n) is 10.3. The zero-order valence-electron chi connectivity index (χ0n) is 18.2. The Morgan fingerprint density at radius 1 is 0.938 bits per heavy atom. The maximum atomic E-state index is 14.1. The Hall–Kier alpha value is -3.20. The summed E-state index contributed by atoms with van der Waals surface area (Å²) in [5, 5.41) is 8.02. The molecule has 1 atom stereocenters. The van der Waals surface area contributed by atoms with Crippen LogP contribution in [-0.2, 0) is 0 Å². The number of rotatable bonds is 8. The third-order valence-corrected chi connectivity index (χ3v) is 5.60. The molecule has 32 heavy (non-hydrogen) atoms. The summed E-state index contributed by atoms with van der Waals surface area (Å²) in [6, 6.07) is 12.3. The van der Waals surface area contributed by atoms with E-state index in [0.717, 1.165) is 5.56 Å². The third kappa shape index (κ3) is 4.67. The fraction of sp³-hybridized carbons (Fsp3) is 0.304. The molecule has 2 aromatic heterocycles. The van der Waals surface area contributed by atoms with Gasteiger partial charge in [0.1, 0.15) is 11.6 Å². The summed E-state index contributed by atoms with van der Waals surface area (Å²) < 4.78 is 30.8. The second kappa shape index (κ2) is 9.52. The number of benzene rings is 2. The molecular weight excluding hydrogens is 431 g/mol. The van der Waals surface area contributed by atoms with E-state index in [1.54, 1.807) is 12.1 Å². The van der Waals surface area contributed by atoms with Gasteiger partial charge in [0.05, 0.1) is 0 Å². The van der Waals surface area contributed by atoms with Gasteiger partial charge in [-0.3, -0.25) is 0 Å². The van der Waals surface area contributed by atoms with E-state index in [1.165, 1.54) is 17.8 Å². The molecule has 2 aromatic carbocycles. The fourth-order valence-corrected chi connectivity index (χ4v) is 3.49. The Labute approximate surface area is 189 Å². The lowest BCUT2D eigenvalue weighted by Crippen LogP contribution is -2.07. The molecule has 4 rings (SSSR count). The van der Waals surface area contributed by atoms with E-state index < -0.39 is 6.10 Å². The first-order valence-corrected chi connectivity index (χ1v) is 11.5. The second-order valence-corrected chi connectivity index (χ2v) is 8.30. The summed E-state index contributed by atoms with van der Waals surface area (Å²) >= 11 is 1.34. The number of thioether (sulfide) groups is 1. The van der Waals surface area contributed by atoms with Crippen LogP contribution in [0.15, 0.2) is 56.4 Å². The van der Waals surface area contributed by atoms with Gasteiger partial charge in [0.25, 0.3) is 5.89 Å². The van der Waals surface area contributed by atoms with Gasteiger partial charge in [-0.1, -0.05) is 31.1 Å². The van der Waals surface area contributed by atoms with Crippen LogP contribution in [0, 0.1) is 5.82 Å². The molecule has 0 saturated heterocycles. The fourth-order valence-electron chi connectivity index (χ4n) is 3.03. The van der Waals surface area contributed by atoms with Crippen molar-refractivity contribution in [3.05, 3.63) is 60.1 Å². The molecule has 4 aromatic rings. The molecule has 9 heteroatoms. The van der Waals surface area contributed by atoms with Gasteiger partial charge in [-0.2, -0.15) is 9.97 Å². The normalized spacial score (nSPS) is 12.3. The van der Waals surface area contributed by atoms with Gasteiger partial charge in [-0.15, -0.1) is 11.8 Å². The van der Waals surface area contributed by atoms with Crippen LogP contribution in [0.2, 0.25) is 0 Å². The molecule has 0 N–H and O–H groups in total. The highest BCUT2D eigenvalue weighted by Crippen LogP contribution is 2.29. The third-order valence-electron chi connectivity index (χ3n) is 4.82. The maximum absolute atomic E-state index is 14.1. The minimum absolute atomic E-state index is 0.170. The average Bonchev–Trinajstić information content (AvgIpc) is 3.48. The Bertz CT molecular complexity index is 1190. The van der Waals surface area contributed by atoms with Gasteiger partial charge in [0, 0.05) is 21.9 Å². The average molecular weight is 455 g/mol. The summed E-state index contributed by atoms with van der Waals surface area (Å²) in [5.74, 6) is 2.29. The molecular formula is C23H23FN4O3S. The van der Waals surface area contributed by atoms with Crippen molar-refractivity contribution in [2.45, 2.75) is 44.1 Å². The van der Waals surface area contributed by atoms with E-state index in [-0.39, 0.29) is 11.7 Å². The van der Waals surface area contributed by atoms with Crippen molar-refractivity contribution in [2.24, 2.45) is 0 Å². The summed E-state index contributed by atoms with van der Waals surface area (Å²) in [6.45, 7) is 5.96. The SMILES string of the molecule is CCC(Oc1ccc(-c2noc(C(C)C)n2)cc1)c1nc(-c2ccc(SC)c(F)c2)no1. The van der Waals surface area contributed by atoms with Gasteiger partial charge >= 0.3 is 0 Å². The number of hydrogen-bond donors (Lipinski definition) is 0. The molecule has 166 valence electrons. The molecule has 0 aliphatic rings. The van der Waals surface area contributed by atoms with Crippen molar-refractivity contribution in [2.75, 3.05) is 6.26 Å². The molecule has 0 amide bonds. The van der Waals surface area contributed by atoms with Crippen LogP contribution in [-0.4, -0.2) is 26.5 Å². The van der Waals surface area contributed by atoms with Gasteiger partial charge in [0.2, 0.25) is 17.5 Å². The predicted octanol–water partition coefficient (Wildman–Crippen LogP) is 6.30. The number of aromatic nitrogens is 4. The van der Waals surface area contributed by atoms with Crippen molar-refractivity contribution in [3.8, 4) is 28.5 Å². The lowest BCUT2D eigenvalue weighted by molar-refractivity contribution is 0.154. The van der Waals surface area contributed by atoms with E-state index in [2.05, 4.69) is 20.3 Å². The van der Waals surface area contributed by atoms with Gasteiger partial charge in [0.15, 0.2) is 6.10 Å². The van der Waals surface area contributed by atoms with Crippen molar-refractivity contribution in [1.82, 2.24) is 20.3 Å². The highest BCUT2D eigenvalue weighted by Gasteiger charge is 2.21. The van der Waals surface area contributed by atoms with E-state index >= 15 is 0 Å². The lowest BCUT2D eigenvalue weighted by Gasteiger charge is -2.13. The Kier molecular flexibility index (Phi) is 6.55. The summed E-state index contributed by atoms with van der Waals surface area (Å²) in [6.07, 6.45) is 2.01. The largest absolute Gasteiger partial charge is 0.481 e. The second-order valence-electron chi connectivity index (χ2n) is 7.46. The molecule has 0 bridgehead atoms. The topological polar surface area (TPSA) is 87.1 Å². The Balaban J connectivity index is 1.48.